The Balaban J connectivity index is 1.69. The predicted molar refractivity (Wildman–Crippen MR) is 108 cm³/mol. The maximum absolute atomic E-state index is 12.9. The lowest BCUT2D eigenvalue weighted by atomic mass is 10.00. The van der Waals surface area contributed by atoms with Crippen molar-refractivity contribution >= 4 is 23.3 Å². The number of carbonyl (C=O) groups excluding carboxylic acids is 2. The van der Waals surface area contributed by atoms with Gasteiger partial charge >= 0.3 is 6.03 Å². The molecule has 4 N–H and O–H groups in total. The summed E-state index contributed by atoms with van der Waals surface area (Å²) in [5.41, 5.74) is 8.80. The Bertz CT molecular complexity index is 821. The van der Waals surface area contributed by atoms with E-state index in [9.17, 15) is 9.59 Å². The van der Waals surface area contributed by atoms with E-state index in [4.69, 9.17) is 5.73 Å². The van der Waals surface area contributed by atoms with Gasteiger partial charge in [0.25, 0.3) is 0 Å². The summed E-state index contributed by atoms with van der Waals surface area (Å²) in [5.74, 6) is -0.0152. The Hall–Kier alpha value is -2.86. The molecule has 2 aromatic carbocycles. The van der Waals surface area contributed by atoms with Crippen LogP contribution < -0.4 is 16.4 Å². The number of piperidine rings is 1. The lowest BCUT2D eigenvalue weighted by molar-refractivity contribution is -0.122. The molecule has 0 spiro atoms. The number of rotatable bonds is 5. The molecule has 0 unspecified atom stereocenters. The first-order valence-electron chi connectivity index (χ1n) is 9.28. The van der Waals surface area contributed by atoms with Gasteiger partial charge < -0.3 is 16.4 Å². The number of nitrogens with two attached hydrogens (primary N) is 1. The maximum atomic E-state index is 12.9. The third kappa shape index (κ3) is 5.31. The third-order valence-corrected chi connectivity index (χ3v) is 4.78. The first-order valence-corrected chi connectivity index (χ1v) is 9.28. The van der Waals surface area contributed by atoms with Crippen LogP contribution in [0.1, 0.15) is 30.4 Å². The molecule has 0 bridgehead atoms. The minimum absolute atomic E-state index is 0.0152. The van der Waals surface area contributed by atoms with Crippen molar-refractivity contribution in [2.75, 3.05) is 17.2 Å². The van der Waals surface area contributed by atoms with Gasteiger partial charge in [-0.05, 0) is 50.1 Å². The number of hydrogen-bond donors (Lipinski definition) is 3. The molecule has 1 heterocycles. The van der Waals surface area contributed by atoms with Crippen LogP contribution in [0.25, 0.3) is 0 Å². The zero-order valence-electron chi connectivity index (χ0n) is 15.6. The largest absolute Gasteiger partial charge is 0.351 e. The monoisotopic (exact) mass is 366 g/mol. The Kier molecular flexibility index (Phi) is 6.08. The molecule has 0 aliphatic carbocycles. The van der Waals surface area contributed by atoms with Gasteiger partial charge in [-0.1, -0.05) is 42.3 Å². The topological polar surface area (TPSA) is 87.5 Å². The van der Waals surface area contributed by atoms with Gasteiger partial charge in [-0.25, -0.2) is 4.79 Å². The van der Waals surface area contributed by atoms with Gasteiger partial charge in [0, 0.05) is 17.9 Å². The van der Waals surface area contributed by atoms with Crippen molar-refractivity contribution in [3.63, 3.8) is 0 Å². The van der Waals surface area contributed by atoms with Crippen molar-refractivity contribution in [3.8, 4) is 0 Å². The van der Waals surface area contributed by atoms with Crippen molar-refractivity contribution in [3.05, 3.63) is 59.7 Å². The van der Waals surface area contributed by atoms with Crippen LogP contribution in [0.3, 0.4) is 0 Å². The second-order valence-electron chi connectivity index (χ2n) is 7.03. The van der Waals surface area contributed by atoms with E-state index in [2.05, 4.69) is 46.7 Å². The highest BCUT2D eigenvalue weighted by Gasteiger charge is 2.28. The summed E-state index contributed by atoms with van der Waals surface area (Å²) in [7, 11) is 0. The van der Waals surface area contributed by atoms with Crippen molar-refractivity contribution in [1.82, 2.24) is 4.90 Å². The molecule has 1 aliphatic rings. The molecule has 1 saturated heterocycles. The van der Waals surface area contributed by atoms with Crippen molar-refractivity contribution in [2.45, 2.75) is 38.8 Å². The number of amides is 3. The van der Waals surface area contributed by atoms with Gasteiger partial charge in [0.15, 0.2) is 0 Å². The zero-order valence-corrected chi connectivity index (χ0v) is 15.6. The molecule has 27 heavy (non-hydrogen) atoms. The van der Waals surface area contributed by atoms with Crippen LogP contribution in [0.2, 0.25) is 0 Å². The number of likely N-dealkylation sites (tertiary alicyclic amines) is 1. The first kappa shape index (κ1) is 18.9. The Morgan fingerprint density at radius 3 is 2.56 bits per heavy atom. The fourth-order valence-corrected chi connectivity index (χ4v) is 3.56. The lowest BCUT2D eigenvalue weighted by Gasteiger charge is -2.34. The van der Waals surface area contributed by atoms with E-state index in [1.807, 2.05) is 0 Å². The number of nitrogens with one attached hydrogen (secondary N) is 2. The minimum atomic E-state index is -0.630. The normalized spacial score (nSPS) is 17.3. The van der Waals surface area contributed by atoms with E-state index < -0.39 is 6.03 Å². The van der Waals surface area contributed by atoms with Crippen LogP contribution >= 0.6 is 0 Å². The van der Waals surface area contributed by atoms with Crippen LogP contribution in [-0.4, -0.2) is 29.4 Å². The average Bonchev–Trinajstić information content (AvgIpc) is 2.62. The Morgan fingerprint density at radius 2 is 1.81 bits per heavy atom. The van der Waals surface area contributed by atoms with Gasteiger partial charge in [-0.15, -0.1) is 0 Å². The third-order valence-electron chi connectivity index (χ3n) is 4.78. The number of carbonyl (C=O) groups is 2. The minimum Gasteiger partial charge on any atom is -0.351 e. The van der Waals surface area contributed by atoms with E-state index in [0.29, 0.717) is 11.4 Å². The summed E-state index contributed by atoms with van der Waals surface area (Å²) >= 11 is 0. The standard InChI is InChI=1S/C21H26N4O2/c1-15-6-4-7-16(12-15)14-25-11-3-2-10-19(25)20(26)23-17-8-5-9-18(13-17)24-21(22)27/h4-9,12-13,19H,2-3,10-11,14H2,1H3,(H,23,26)(H3,22,24,27)/t19-/m1/s1. The predicted octanol–water partition coefficient (Wildman–Crippen LogP) is 3.48. The summed E-state index contributed by atoms with van der Waals surface area (Å²) < 4.78 is 0. The number of urea groups is 1. The van der Waals surface area contributed by atoms with E-state index in [1.54, 1.807) is 24.3 Å². The van der Waals surface area contributed by atoms with Crippen LogP contribution in [0, 0.1) is 6.92 Å². The summed E-state index contributed by atoms with van der Waals surface area (Å²) in [6.45, 7) is 3.76. The molecule has 6 heteroatoms. The van der Waals surface area contributed by atoms with E-state index in [1.165, 1.54) is 11.1 Å². The maximum Gasteiger partial charge on any atom is 0.316 e. The van der Waals surface area contributed by atoms with E-state index >= 15 is 0 Å². The highest BCUT2D eigenvalue weighted by Crippen LogP contribution is 2.22. The summed E-state index contributed by atoms with van der Waals surface area (Å²) in [6, 6.07) is 14.6. The van der Waals surface area contributed by atoms with Crippen LogP contribution in [0.4, 0.5) is 16.2 Å². The number of benzene rings is 2. The fourth-order valence-electron chi connectivity index (χ4n) is 3.56. The first-order chi connectivity index (χ1) is 13.0. The van der Waals surface area contributed by atoms with Crippen molar-refractivity contribution < 1.29 is 9.59 Å². The molecule has 2 aromatic rings. The van der Waals surface area contributed by atoms with Crippen LogP contribution in [0.15, 0.2) is 48.5 Å². The zero-order chi connectivity index (χ0) is 19.2. The molecule has 1 fully saturated rings. The molecule has 1 atom stereocenters. The highest BCUT2D eigenvalue weighted by atomic mass is 16.2. The molecule has 0 saturated carbocycles. The molecular weight excluding hydrogens is 340 g/mol. The highest BCUT2D eigenvalue weighted by molar-refractivity contribution is 5.96. The van der Waals surface area contributed by atoms with Crippen LogP contribution in [-0.2, 0) is 11.3 Å². The van der Waals surface area contributed by atoms with Gasteiger partial charge in [-0.2, -0.15) is 0 Å². The molecule has 3 amide bonds. The van der Waals surface area contributed by atoms with Crippen molar-refractivity contribution in [1.29, 1.82) is 0 Å². The Morgan fingerprint density at radius 1 is 1.07 bits per heavy atom. The number of nitrogens with zero attached hydrogens (tertiary/aromatic N) is 1. The van der Waals surface area contributed by atoms with Gasteiger partial charge in [0.1, 0.15) is 0 Å². The molecule has 1 aliphatic heterocycles. The van der Waals surface area contributed by atoms with E-state index in [0.717, 1.165) is 32.4 Å². The fraction of sp³-hybridized carbons (Fsp3) is 0.333. The quantitative estimate of drug-likeness (QED) is 0.757. The lowest BCUT2D eigenvalue weighted by Crippen LogP contribution is -2.46. The second-order valence-corrected chi connectivity index (χ2v) is 7.03. The summed E-state index contributed by atoms with van der Waals surface area (Å²) in [4.78, 5) is 26.2. The van der Waals surface area contributed by atoms with Gasteiger partial charge in [-0.3, -0.25) is 9.69 Å². The summed E-state index contributed by atoms with van der Waals surface area (Å²) in [5, 5.41) is 5.50. The number of anilines is 2. The number of aryl methyl sites for hydroxylation is 1. The van der Waals surface area contributed by atoms with Gasteiger partial charge in [0.05, 0.1) is 6.04 Å². The second kappa shape index (κ2) is 8.68. The smallest absolute Gasteiger partial charge is 0.316 e. The Labute approximate surface area is 159 Å². The number of hydrogen-bond acceptors (Lipinski definition) is 3. The molecule has 6 nitrogen and oxygen atoms in total. The van der Waals surface area contributed by atoms with Crippen LogP contribution in [0.5, 0.6) is 0 Å². The SMILES string of the molecule is Cc1cccc(CN2CCCC[C@@H]2C(=O)Nc2cccc(NC(N)=O)c2)c1. The van der Waals surface area contributed by atoms with E-state index in [-0.39, 0.29) is 11.9 Å². The molecule has 0 aromatic heterocycles. The van der Waals surface area contributed by atoms with Gasteiger partial charge in [0.2, 0.25) is 5.91 Å². The van der Waals surface area contributed by atoms with Crippen molar-refractivity contribution in [2.24, 2.45) is 5.73 Å². The molecule has 142 valence electrons. The molecule has 3 rings (SSSR count). The average molecular weight is 366 g/mol. The number of primary amides is 1. The summed E-state index contributed by atoms with van der Waals surface area (Å²) in [6.07, 6.45) is 3.00. The molecular formula is C21H26N4O2. The molecule has 0 radical (unpaired) electrons.